The number of aryl methyl sites for hydroxylation is 1. The van der Waals surface area contributed by atoms with E-state index in [0.29, 0.717) is 10.0 Å². The molecule has 0 saturated heterocycles. The number of carbonyl (C=O) groups is 1. The predicted molar refractivity (Wildman–Crippen MR) is 65.5 cm³/mol. The fourth-order valence-electron chi connectivity index (χ4n) is 1.83. The van der Waals surface area contributed by atoms with Crippen LogP contribution in [-0.4, -0.2) is 16.9 Å². The van der Waals surface area contributed by atoms with Gasteiger partial charge in [0.2, 0.25) is 0 Å². The van der Waals surface area contributed by atoms with Gasteiger partial charge in [-0.2, -0.15) is 0 Å². The van der Waals surface area contributed by atoms with Crippen LogP contribution in [0.4, 0.5) is 5.13 Å². The average Bonchev–Trinajstić information content (AvgIpc) is 2.90. The zero-order valence-electron chi connectivity index (χ0n) is 9.62. The Labute approximate surface area is 99.3 Å². The Kier molecular flexibility index (Phi) is 3.14. The Morgan fingerprint density at radius 3 is 2.88 bits per heavy atom. The first kappa shape index (κ1) is 11.4. The second kappa shape index (κ2) is 4.41. The summed E-state index contributed by atoms with van der Waals surface area (Å²) < 4.78 is 0. The molecule has 0 aliphatic heterocycles. The fraction of sp³-hybridized carbons (Fsp3) is 0.636. The number of thiazole rings is 1. The van der Waals surface area contributed by atoms with Crippen molar-refractivity contribution >= 4 is 22.4 Å². The van der Waals surface area contributed by atoms with Gasteiger partial charge in [-0.1, -0.05) is 24.2 Å². The second-order valence-electron chi connectivity index (χ2n) is 4.52. The van der Waals surface area contributed by atoms with Gasteiger partial charge in [-0.05, 0) is 26.2 Å². The highest BCUT2D eigenvalue weighted by molar-refractivity contribution is 7.17. The van der Waals surface area contributed by atoms with E-state index in [0.717, 1.165) is 18.0 Å². The molecule has 1 unspecified atom stereocenters. The van der Waals surface area contributed by atoms with Crippen LogP contribution in [0, 0.1) is 12.8 Å². The minimum Gasteiger partial charge on any atom is -0.375 e. The van der Waals surface area contributed by atoms with Crippen LogP contribution in [0.25, 0.3) is 0 Å². The summed E-state index contributed by atoms with van der Waals surface area (Å²) in [5.41, 5.74) is 6.29. The zero-order chi connectivity index (χ0) is 11.7. The largest absolute Gasteiger partial charge is 0.375 e. The van der Waals surface area contributed by atoms with E-state index in [9.17, 15) is 4.79 Å². The quantitative estimate of drug-likeness (QED) is 0.844. The molecule has 3 N–H and O–H groups in total. The summed E-state index contributed by atoms with van der Waals surface area (Å²) in [6.07, 6.45) is 3.71. The van der Waals surface area contributed by atoms with Crippen molar-refractivity contribution in [3.05, 3.63) is 10.6 Å². The number of amides is 1. The van der Waals surface area contributed by atoms with Crippen LogP contribution in [-0.2, 0) is 0 Å². The van der Waals surface area contributed by atoms with E-state index in [-0.39, 0.29) is 11.9 Å². The molecule has 1 atom stereocenters. The number of nitrogens with zero attached hydrogens (tertiary/aromatic N) is 1. The lowest BCUT2D eigenvalue weighted by Crippen LogP contribution is -2.32. The van der Waals surface area contributed by atoms with Crippen LogP contribution in [0.3, 0.4) is 0 Å². The van der Waals surface area contributed by atoms with E-state index >= 15 is 0 Å². The SMILES string of the molecule is Cc1nc(N)sc1C(=O)NC(C)CC1CC1. The molecular formula is C11H17N3OS. The molecule has 0 radical (unpaired) electrons. The molecule has 2 rings (SSSR count). The first-order chi connectivity index (χ1) is 7.56. The Balaban J connectivity index is 1.93. The molecule has 1 aromatic heterocycles. The Morgan fingerprint density at radius 2 is 2.38 bits per heavy atom. The van der Waals surface area contributed by atoms with Gasteiger partial charge in [-0.25, -0.2) is 4.98 Å². The van der Waals surface area contributed by atoms with Gasteiger partial charge in [0.05, 0.1) is 5.69 Å². The maximum atomic E-state index is 11.9. The smallest absolute Gasteiger partial charge is 0.263 e. The number of nitrogen functional groups attached to an aromatic ring is 1. The summed E-state index contributed by atoms with van der Waals surface area (Å²) in [5, 5.41) is 3.45. The molecule has 1 aliphatic rings. The third-order valence-corrected chi connectivity index (χ3v) is 3.77. The number of carbonyl (C=O) groups excluding carboxylic acids is 1. The maximum absolute atomic E-state index is 11.9. The molecule has 1 fully saturated rings. The monoisotopic (exact) mass is 239 g/mol. The standard InChI is InChI=1S/C11H17N3OS/c1-6(5-8-3-4-8)13-10(15)9-7(2)14-11(12)16-9/h6,8H,3-5H2,1-2H3,(H2,12,14)(H,13,15). The lowest BCUT2D eigenvalue weighted by Gasteiger charge is -2.12. The molecule has 1 heterocycles. The summed E-state index contributed by atoms with van der Waals surface area (Å²) in [4.78, 5) is 16.6. The summed E-state index contributed by atoms with van der Waals surface area (Å²) >= 11 is 1.25. The molecule has 4 nitrogen and oxygen atoms in total. The summed E-state index contributed by atoms with van der Waals surface area (Å²) in [6.45, 7) is 3.86. The van der Waals surface area contributed by atoms with Crippen LogP contribution in [0.5, 0.6) is 0 Å². The molecule has 1 aliphatic carbocycles. The number of rotatable bonds is 4. The van der Waals surface area contributed by atoms with Gasteiger partial charge in [-0.3, -0.25) is 4.79 Å². The molecule has 0 spiro atoms. The molecule has 5 heteroatoms. The maximum Gasteiger partial charge on any atom is 0.263 e. The van der Waals surface area contributed by atoms with E-state index in [1.54, 1.807) is 0 Å². The van der Waals surface area contributed by atoms with E-state index in [2.05, 4.69) is 17.2 Å². The number of hydrogen-bond donors (Lipinski definition) is 2. The highest BCUT2D eigenvalue weighted by Gasteiger charge is 2.25. The van der Waals surface area contributed by atoms with Gasteiger partial charge < -0.3 is 11.1 Å². The Bertz CT molecular complexity index is 398. The number of nitrogens with one attached hydrogen (secondary N) is 1. The molecule has 1 amide bonds. The van der Waals surface area contributed by atoms with Crippen molar-refractivity contribution in [2.75, 3.05) is 5.73 Å². The number of nitrogens with two attached hydrogens (primary N) is 1. The normalized spacial score (nSPS) is 17.1. The molecule has 88 valence electrons. The highest BCUT2D eigenvalue weighted by atomic mass is 32.1. The molecule has 0 bridgehead atoms. The van der Waals surface area contributed by atoms with Crippen LogP contribution in [0.2, 0.25) is 0 Å². The average molecular weight is 239 g/mol. The van der Waals surface area contributed by atoms with Crippen molar-refractivity contribution in [2.45, 2.75) is 39.2 Å². The Hall–Kier alpha value is -1.10. The molecule has 0 aromatic carbocycles. The van der Waals surface area contributed by atoms with Crippen molar-refractivity contribution in [1.29, 1.82) is 0 Å². The van der Waals surface area contributed by atoms with Crippen LogP contribution in [0.15, 0.2) is 0 Å². The lowest BCUT2D eigenvalue weighted by molar-refractivity contribution is 0.0941. The van der Waals surface area contributed by atoms with E-state index < -0.39 is 0 Å². The van der Waals surface area contributed by atoms with Gasteiger partial charge in [0, 0.05) is 6.04 Å². The molecular weight excluding hydrogens is 222 g/mol. The third-order valence-electron chi connectivity index (χ3n) is 2.78. The van der Waals surface area contributed by atoms with Crippen molar-refractivity contribution in [1.82, 2.24) is 10.3 Å². The molecule has 1 aromatic rings. The van der Waals surface area contributed by atoms with E-state index in [1.165, 1.54) is 24.2 Å². The zero-order valence-corrected chi connectivity index (χ0v) is 10.4. The lowest BCUT2D eigenvalue weighted by atomic mass is 10.1. The molecule has 16 heavy (non-hydrogen) atoms. The predicted octanol–water partition coefficient (Wildman–Crippen LogP) is 1.95. The van der Waals surface area contributed by atoms with Crippen molar-refractivity contribution in [2.24, 2.45) is 5.92 Å². The minimum absolute atomic E-state index is 0.0418. The highest BCUT2D eigenvalue weighted by Crippen LogP contribution is 2.33. The van der Waals surface area contributed by atoms with Crippen LogP contribution in [0.1, 0.15) is 41.6 Å². The third kappa shape index (κ3) is 2.72. The van der Waals surface area contributed by atoms with Gasteiger partial charge >= 0.3 is 0 Å². The summed E-state index contributed by atoms with van der Waals surface area (Å²) in [6, 6.07) is 0.239. The van der Waals surface area contributed by atoms with E-state index in [4.69, 9.17) is 5.73 Å². The van der Waals surface area contributed by atoms with Gasteiger partial charge in [0.25, 0.3) is 5.91 Å². The van der Waals surface area contributed by atoms with Crippen LogP contribution < -0.4 is 11.1 Å². The number of hydrogen-bond acceptors (Lipinski definition) is 4. The topological polar surface area (TPSA) is 68.0 Å². The van der Waals surface area contributed by atoms with Gasteiger partial charge in [-0.15, -0.1) is 0 Å². The van der Waals surface area contributed by atoms with Crippen LogP contribution >= 0.6 is 11.3 Å². The first-order valence-corrected chi connectivity index (χ1v) is 6.41. The van der Waals surface area contributed by atoms with Gasteiger partial charge in [0.15, 0.2) is 5.13 Å². The van der Waals surface area contributed by atoms with Crippen molar-refractivity contribution in [3.8, 4) is 0 Å². The number of aromatic nitrogens is 1. The number of anilines is 1. The fourth-order valence-corrected chi connectivity index (χ4v) is 2.57. The Morgan fingerprint density at radius 1 is 1.69 bits per heavy atom. The molecule has 1 saturated carbocycles. The minimum atomic E-state index is -0.0418. The van der Waals surface area contributed by atoms with Gasteiger partial charge in [0.1, 0.15) is 4.88 Å². The summed E-state index contributed by atoms with van der Waals surface area (Å²) in [7, 11) is 0. The van der Waals surface area contributed by atoms with Crippen molar-refractivity contribution < 1.29 is 4.79 Å². The summed E-state index contributed by atoms with van der Waals surface area (Å²) in [5.74, 6) is 0.780. The van der Waals surface area contributed by atoms with Crippen molar-refractivity contribution in [3.63, 3.8) is 0 Å². The second-order valence-corrected chi connectivity index (χ2v) is 5.55. The van der Waals surface area contributed by atoms with E-state index in [1.807, 2.05) is 6.92 Å². The first-order valence-electron chi connectivity index (χ1n) is 5.60.